The van der Waals surface area contributed by atoms with E-state index in [4.69, 9.17) is 4.42 Å². The van der Waals surface area contributed by atoms with Crippen molar-refractivity contribution >= 4 is 18.3 Å². The molecule has 0 radical (unpaired) electrons. The van der Waals surface area contributed by atoms with Crippen LogP contribution in [0.4, 0.5) is 0 Å². The molecule has 5 nitrogen and oxygen atoms in total. The molecule has 0 bridgehead atoms. The summed E-state index contributed by atoms with van der Waals surface area (Å²) in [5.41, 5.74) is 2.87. The van der Waals surface area contributed by atoms with Crippen LogP contribution in [0.1, 0.15) is 40.3 Å². The zero-order chi connectivity index (χ0) is 15.5. The van der Waals surface area contributed by atoms with E-state index in [1.165, 1.54) is 12.0 Å². The molecule has 1 aromatic heterocycles. The Kier molecular flexibility index (Phi) is 5.80. The first kappa shape index (κ1) is 17.5. The number of nitrogens with zero attached hydrogens (tertiary/aromatic N) is 2. The quantitative estimate of drug-likeness (QED) is 0.937. The zero-order valence-corrected chi connectivity index (χ0v) is 14.2. The van der Waals surface area contributed by atoms with Gasteiger partial charge in [-0.3, -0.25) is 4.79 Å². The summed E-state index contributed by atoms with van der Waals surface area (Å²) in [6.45, 7) is 6.14. The number of aromatic nitrogens is 1. The Morgan fingerprint density at radius 2 is 2.13 bits per heavy atom. The molecule has 1 N–H and O–H groups in total. The van der Waals surface area contributed by atoms with Gasteiger partial charge in [-0.25, -0.2) is 4.98 Å². The smallest absolute Gasteiger partial charge is 0.276 e. The van der Waals surface area contributed by atoms with Gasteiger partial charge in [-0.15, -0.1) is 12.4 Å². The minimum absolute atomic E-state index is 0. The Labute approximate surface area is 142 Å². The van der Waals surface area contributed by atoms with Crippen LogP contribution >= 0.6 is 12.4 Å². The second-order valence-electron chi connectivity index (χ2n) is 5.57. The van der Waals surface area contributed by atoms with Gasteiger partial charge in [0.15, 0.2) is 12.1 Å². The summed E-state index contributed by atoms with van der Waals surface area (Å²) in [5, 5.41) is 3.37. The SMILES string of the molecule is CCc1ccc(C2CNCCN2C(=O)c2ncoc2C)cc1.Cl. The lowest BCUT2D eigenvalue weighted by Crippen LogP contribution is -2.48. The first-order valence-electron chi connectivity index (χ1n) is 7.71. The molecule has 0 saturated carbocycles. The molecule has 2 heterocycles. The molecule has 1 aliphatic heterocycles. The normalized spacial score (nSPS) is 17.7. The lowest BCUT2D eigenvalue weighted by atomic mass is 10.0. The van der Waals surface area contributed by atoms with Crippen molar-refractivity contribution < 1.29 is 9.21 Å². The number of hydrogen-bond donors (Lipinski definition) is 1. The van der Waals surface area contributed by atoms with Crippen molar-refractivity contribution in [2.24, 2.45) is 0 Å². The number of amides is 1. The van der Waals surface area contributed by atoms with Crippen LogP contribution < -0.4 is 5.32 Å². The predicted molar refractivity (Wildman–Crippen MR) is 91.0 cm³/mol. The maximum Gasteiger partial charge on any atom is 0.276 e. The molecular formula is C17H22ClN3O2. The van der Waals surface area contributed by atoms with Crippen LogP contribution in [0.25, 0.3) is 0 Å². The van der Waals surface area contributed by atoms with Crippen LogP contribution in [0.5, 0.6) is 0 Å². The van der Waals surface area contributed by atoms with Crippen LogP contribution in [0.2, 0.25) is 0 Å². The third kappa shape index (κ3) is 3.57. The van der Waals surface area contributed by atoms with E-state index in [0.717, 1.165) is 25.1 Å². The van der Waals surface area contributed by atoms with E-state index in [1.807, 2.05) is 4.90 Å². The molecule has 0 spiro atoms. The number of piperazine rings is 1. The highest BCUT2D eigenvalue weighted by Gasteiger charge is 2.30. The average Bonchev–Trinajstić information content (AvgIpc) is 3.00. The minimum Gasteiger partial charge on any atom is -0.448 e. The molecule has 23 heavy (non-hydrogen) atoms. The molecule has 0 aliphatic carbocycles. The predicted octanol–water partition coefficient (Wildman–Crippen LogP) is 2.75. The van der Waals surface area contributed by atoms with Gasteiger partial charge in [-0.1, -0.05) is 31.2 Å². The van der Waals surface area contributed by atoms with E-state index in [9.17, 15) is 4.79 Å². The maximum atomic E-state index is 12.8. The third-order valence-electron chi connectivity index (χ3n) is 4.22. The van der Waals surface area contributed by atoms with Gasteiger partial charge in [0, 0.05) is 19.6 Å². The molecule has 3 rings (SSSR count). The fourth-order valence-electron chi connectivity index (χ4n) is 2.87. The second-order valence-corrected chi connectivity index (χ2v) is 5.57. The van der Waals surface area contributed by atoms with Crippen molar-refractivity contribution in [2.75, 3.05) is 19.6 Å². The minimum atomic E-state index is -0.0580. The van der Waals surface area contributed by atoms with Crippen molar-refractivity contribution in [1.82, 2.24) is 15.2 Å². The Bertz CT molecular complexity index is 654. The summed E-state index contributed by atoms with van der Waals surface area (Å²) in [4.78, 5) is 18.7. The van der Waals surface area contributed by atoms with Crippen molar-refractivity contribution in [2.45, 2.75) is 26.3 Å². The van der Waals surface area contributed by atoms with E-state index >= 15 is 0 Å². The fourth-order valence-corrected chi connectivity index (χ4v) is 2.87. The van der Waals surface area contributed by atoms with Crippen molar-refractivity contribution in [3.05, 3.63) is 53.2 Å². The molecule has 1 unspecified atom stereocenters. The van der Waals surface area contributed by atoms with Crippen LogP contribution in [0.3, 0.4) is 0 Å². The van der Waals surface area contributed by atoms with Gasteiger partial charge in [0.1, 0.15) is 5.76 Å². The highest BCUT2D eigenvalue weighted by Crippen LogP contribution is 2.25. The van der Waals surface area contributed by atoms with Crippen LogP contribution in [0, 0.1) is 6.92 Å². The molecule has 1 aliphatic rings. The molecule has 1 saturated heterocycles. The van der Waals surface area contributed by atoms with Gasteiger partial charge in [-0.2, -0.15) is 0 Å². The molecule has 1 aromatic carbocycles. The Morgan fingerprint density at radius 1 is 1.39 bits per heavy atom. The van der Waals surface area contributed by atoms with E-state index in [0.29, 0.717) is 18.0 Å². The lowest BCUT2D eigenvalue weighted by Gasteiger charge is -2.36. The number of hydrogen-bond acceptors (Lipinski definition) is 4. The summed E-state index contributed by atoms with van der Waals surface area (Å²) in [6, 6.07) is 8.53. The van der Waals surface area contributed by atoms with Crippen LogP contribution in [-0.2, 0) is 6.42 Å². The highest BCUT2D eigenvalue weighted by atomic mass is 35.5. The van der Waals surface area contributed by atoms with Gasteiger partial charge < -0.3 is 14.6 Å². The summed E-state index contributed by atoms with van der Waals surface area (Å²) >= 11 is 0. The van der Waals surface area contributed by atoms with Gasteiger partial charge in [0.05, 0.1) is 6.04 Å². The van der Waals surface area contributed by atoms with E-state index in [-0.39, 0.29) is 24.4 Å². The first-order chi connectivity index (χ1) is 10.7. The molecule has 6 heteroatoms. The Balaban J connectivity index is 0.00000192. The van der Waals surface area contributed by atoms with Crippen LogP contribution in [-0.4, -0.2) is 35.4 Å². The maximum absolute atomic E-state index is 12.8. The number of oxazole rings is 1. The van der Waals surface area contributed by atoms with Gasteiger partial charge in [-0.05, 0) is 24.5 Å². The molecule has 124 valence electrons. The Morgan fingerprint density at radius 3 is 2.74 bits per heavy atom. The van der Waals surface area contributed by atoms with Crippen molar-refractivity contribution in [3.8, 4) is 0 Å². The largest absolute Gasteiger partial charge is 0.448 e. The summed E-state index contributed by atoms with van der Waals surface area (Å²) < 4.78 is 5.17. The first-order valence-corrected chi connectivity index (χ1v) is 7.71. The number of carbonyl (C=O) groups excluding carboxylic acids is 1. The fraction of sp³-hybridized carbons (Fsp3) is 0.412. The van der Waals surface area contributed by atoms with E-state index < -0.39 is 0 Å². The molecular weight excluding hydrogens is 314 g/mol. The summed E-state index contributed by atoms with van der Waals surface area (Å²) in [6.07, 6.45) is 2.35. The Hall–Kier alpha value is -1.85. The summed E-state index contributed by atoms with van der Waals surface area (Å²) in [7, 11) is 0. The average molecular weight is 336 g/mol. The molecule has 1 amide bonds. The molecule has 1 fully saturated rings. The van der Waals surface area contributed by atoms with Crippen molar-refractivity contribution in [1.29, 1.82) is 0 Å². The van der Waals surface area contributed by atoms with Gasteiger partial charge >= 0.3 is 0 Å². The lowest BCUT2D eigenvalue weighted by molar-refractivity contribution is 0.0627. The number of nitrogens with one attached hydrogen (secondary N) is 1. The molecule has 1 atom stereocenters. The number of carbonyl (C=O) groups is 1. The van der Waals surface area contributed by atoms with Gasteiger partial charge in [0.2, 0.25) is 0 Å². The van der Waals surface area contributed by atoms with E-state index in [2.05, 4.69) is 41.5 Å². The van der Waals surface area contributed by atoms with Gasteiger partial charge in [0.25, 0.3) is 5.91 Å². The number of rotatable bonds is 3. The van der Waals surface area contributed by atoms with Crippen molar-refractivity contribution in [3.63, 3.8) is 0 Å². The van der Waals surface area contributed by atoms with E-state index in [1.54, 1.807) is 6.92 Å². The molecule has 2 aromatic rings. The van der Waals surface area contributed by atoms with Crippen LogP contribution in [0.15, 0.2) is 35.1 Å². The third-order valence-corrected chi connectivity index (χ3v) is 4.22. The standard InChI is InChI=1S/C17H21N3O2.ClH/c1-3-13-4-6-14(7-5-13)15-10-18-8-9-20(15)17(21)16-12(2)22-11-19-16;/h4-7,11,15,18H,3,8-10H2,1-2H3;1H. The number of halogens is 1. The number of benzene rings is 1. The number of aryl methyl sites for hydroxylation is 2. The summed E-state index contributed by atoms with van der Waals surface area (Å²) in [5.74, 6) is 0.515. The zero-order valence-electron chi connectivity index (χ0n) is 13.4. The highest BCUT2D eigenvalue weighted by molar-refractivity contribution is 5.93. The second kappa shape index (κ2) is 7.62. The topological polar surface area (TPSA) is 58.4 Å². The monoisotopic (exact) mass is 335 g/mol.